The molecule has 0 radical (unpaired) electrons. The zero-order valence-electron chi connectivity index (χ0n) is 18.1. The molecule has 8 heteroatoms. The minimum atomic E-state index is -0.815. The molecule has 0 amide bonds. The Bertz CT molecular complexity index is 1410. The Hall–Kier alpha value is -4.04. The summed E-state index contributed by atoms with van der Waals surface area (Å²) in [5.41, 5.74) is 6.53. The molecular formula is C25H23N7O. The van der Waals surface area contributed by atoms with Crippen LogP contribution in [0.25, 0.3) is 5.52 Å². The molecule has 0 bridgehead atoms. The minimum absolute atomic E-state index is 0.182. The number of anilines is 1. The third-order valence-electron chi connectivity index (χ3n) is 6.29. The maximum atomic E-state index is 10.7. The molecule has 0 spiro atoms. The third-order valence-corrected chi connectivity index (χ3v) is 6.29. The highest BCUT2D eigenvalue weighted by Crippen LogP contribution is 2.36. The van der Waals surface area contributed by atoms with Gasteiger partial charge in [0.05, 0.1) is 41.3 Å². The van der Waals surface area contributed by atoms with Crippen LogP contribution in [0.2, 0.25) is 0 Å². The summed E-state index contributed by atoms with van der Waals surface area (Å²) < 4.78 is 1.91. The number of aryl methyl sites for hydroxylation is 1. The summed E-state index contributed by atoms with van der Waals surface area (Å²) in [6.45, 7) is 2.84. The van der Waals surface area contributed by atoms with Gasteiger partial charge in [0.1, 0.15) is 18.0 Å². The van der Waals surface area contributed by atoms with Gasteiger partial charge in [-0.2, -0.15) is 5.10 Å². The molecule has 8 nitrogen and oxygen atoms in total. The molecule has 0 aliphatic carbocycles. The van der Waals surface area contributed by atoms with Gasteiger partial charge in [0.15, 0.2) is 0 Å². The van der Waals surface area contributed by atoms with Crippen molar-refractivity contribution in [2.75, 3.05) is 11.4 Å². The quantitative estimate of drug-likeness (QED) is 0.448. The normalized spacial score (nSPS) is 16.7. The van der Waals surface area contributed by atoms with Gasteiger partial charge in [0.2, 0.25) is 0 Å². The van der Waals surface area contributed by atoms with E-state index in [1.807, 2.05) is 47.1 Å². The number of aromatic amines is 1. The van der Waals surface area contributed by atoms with E-state index in [-0.39, 0.29) is 6.04 Å². The summed E-state index contributed by atoms with van der Waals surface area (Å²) in [6.07, 6.45) is 7.10. The number of H-pyrrole nitrogens is 1. The van der Waals surface area contributed by atoms with Crippen LogP contribution in [0.4, 0.5) is 5.82 Å². The number of nitrogens with zero attached hydrogens (tertiary/aromatic N) is 6. The zero-order chi connectivity index (χ0) is 22.4. The molecule has 33 heavy (non-hydrogen) atoms. The SMILES string of the molecule is Cc1cccn2nc([C@H]3c4nc[nH]c4CCN3c3cnc(C(O)c4ccccc4)cn3)cc12. The Morgan fingerprint density at radius 1 is 1.06 bits per heavy atom. The van der Waals surface area contributed by atoms with E-state index < -0.39 is 6.10 Å². The fraction of sp³-hybridized carbons (Fsp3) is 0.200. The molecule has 0 saturated heterocycles. The number of hydrogen-bond acceptors (Lipinski definition) is 6. The van der Waals surface area contributed by atoms with E-state index in [1.54, 1.807) is 18.7 Å². The van der Waals surface area contributed by atoms with Crippen LogP contribution >= 0.6 is 0 Å². The van der Waals surface area contributed by atoms with Crippen LogP contribution in [-0.2, 0) is 6.42 Å². The Kier molecular flexibility index (Phi) is 4.66. The van der Waals surface area contributed by atoms with Gasteiger partial charge < -0.3 is 15.0 Å². The lowest BCUT2D eigenvalue weighted by Crippen LogP contribution is -2.37. The first-order valence-electron chi connectivity index (χ1n) is 11.0. The van der Waals surface area contributed by atoms with Crippen LogP contribution in [0.15, 0.2) is 73.4 Å². The van der Waals surface area contributed by atoms with E-state index in [2.05, 4.69) is 43.9 Å². The molecule has 5 aromatic rings. The number of imidazole rings is 1. The van der Waals surface area contributed by atoms with E-state index in [0.717, 1.165) is 46.9 Å². The number of fused-ring (bicyclic) bond motifs is 2. The molecule has 1 aliphatic rings. The average molecular weight is 438 g/mol. The molecule has 1 unspecified atom stereocenters. The summed E-state index contributed by atoms with van der Waals surface area (Å²) in [7, 11) is 0. The van der Waals surface area contributed by atoms with Crippen LogP contribution in [0.3, 0.4) is 0 Å². The first-order chi connectivity index (χ1) is 16.2. The highest BCUT2D eigenvalue weighted by atomic mass is 16.3. The van der Waals surface area contributed by atoms with Gasteiger partial charge in [-0.1, -0.05) is 36.4 Å². The predicted octanol–water partition coefficient (Wildman–Crippen LogP) is 3.39. The highest BCUT2D eigenvalue weighted by molar-refractivity contribution is 5.57. The number of rotatable bonds is 4. The van der Waals surface area contributed by atoms with Crippen LogP contribution < -0.4 is 4.90 Å². The van der Waals surface area contributed by atoms with Crippen molar-refractivity contribution in [3.63, 3.8) is 0 Å². The smallest absolute Gasteiger partial charge is 0.147 e. The van der Waals surface area contributed by atoms with Gasteiger partial charge in [-0.25, -0.2) is 14.5 Å². The summed E-state index contributed by atoms with van der Waals surface area (Å²) in [5.74, 6) is 0.728. The van der Waals surface area contributed by atoms with Crippen LogP contribution in [0, 0.1) is 6.92 Å². The second-order valence-electron chi connectivity index (χ2n) is 8.32. The lowest BCUT2D eigenvalue weighted by Gasteiger charge is -2.34. The number of hydrogen-bond donors (Lipinski definition) is 2. The Morgan fingerprint density at radius 2 is 1.94 bits per heavy atom. The molecule has 0 fully saturated rings. The van der Waals surface area contributed by atoms with Crippen molar-refractivity contribution in [3.8, 4) is 0 Å². The van der Waals surface area contributed by atoms with E-state index in [4.69, 9.17) is 5.10 Å². The number of aromatic nitrogens is 6. The molecular weight excluding hydrogens is 414 g/mol. The van der Waals surface area contributed by atoms with Crippen molar-refractivity contribution in [1.82, 2.24) is 29.5 Å². The van der Waals surface area contributed by atoms with Gasteiger partial charge in [0.25, 0.3) is 0 Å². The number of nitrogens with one attached hydrogen (secondary N) is 1. The lowest BCUT2D eigenvalue weighted by molar-refractivity contribution is 0.215. The van der Waals surface area contributed by atoms with Gasteiger partial charge in [0, 0.05) is 24.9 Å². The van der Waals surface area contributed by atoms with Gasteiger partial charge in [-0.05, 0) is 30.2 Å². The molecule has 5 heterocycles. The first kappa shape index (κ1) is 19.6. The Balaban J connectivity index is 1.38. The minimum Gasteiger partial charge on any atom is -0.382 e. The monoisotopic (exact) mass is 437 g/mol. The van der Waals surface area contributed by atoms with E-state index in [0.29, 0.717) is 5.69 Å². The van der Waals surface area contributed by atoms with Crippen molar-refractivity contribution in [2.45, 2.75) is 25.5 Å². The van der Waals surface area contributed by atoms with E-state index in [1.165, 1.54) is 5.56 Å². The van der Waals surface area contributed by atoms with Crippen LogP contribution in [-0.4, -0.2) is 41.2 Å². The van der Waals surface area contributed by atoms with Gasteiger partial charge in [-0.3, -0.25) is 4.98 Å². The number of pyridine rings is 1. The standard InChI is InChI=1S/C25H23N7O/c1-16-6-5-10-32-21(16)12-19(30-32)24-23-18(28-15-29-23)9-11-31(24)22-14-26-20(13-27-22)25(33)17-7-3-2-4-8-17/h2-8,10,12-15,24-25,33H,9,11H2,1H3,(H,28,29)/t24-,25?/m0/s1. The third kappa shape index (κ3) is 3.35. The summed E-state index contributed by atoms with van der Waals surface area (Å²) >= 11 is 0. The zero-order valence-corrected chi connectivity index (χ0v) is 18.1. The largest absolute Gasteiger partial charge is 0.382 e. The average Bonchev–Trinajstić information content (AvgIpc) is 3.51. The topological polar surface area (TPSA) is 95.2 Å². The van der Waals surface area contributed by atoms with E-state index in [9.17, 15) is 5.11 Å². The second kappa shape index (κ2) is 7.83. The Labute approximate surface area is 190 Å². The first-order valence-corrected chi connectivity index (χ1v) is 11.0. The van der Waals surface area contributed by atoms with E-state index >= 15 is 0 Å². The molecule has 6 rings (SSSR count). The fourth-order valence-corrected chi connectivity index (χ4v) is 4.56. The molecule has 1 aromatic carbocycles. The van der Waals surface area contributed by atoms with Crippen molar-refractivity contribution in [3.05, 3.63) is 107 Å². The highest BCUT2D eigenvalue weighted by Gasteiger charge is 2.34. The predicted molar refractivity (Wildman–Crippen MR) is 124 cm³/mol. The summed E-state index contributed by atoms with van der Waals surface area (Å²) in [4.78, 5) is 19.3. The van der Waals surface area contributed by atoms with Crippen LogP contribution in [0.5, 0.6) is 0 Å². The van der Waals surface area contributed by atoms with Crippen molar-refractivity contribution in [2.24, 2.45) is 0 Å². The second-order valence-corrected chi connectivity index (χ2v) is 8.32. The fourth-order valence-electron chi connectivity index (χ4n) is 4.56. The number of benzene rings is 1. The molecule has 0 saturated carbocycles. The molecule has 2 N–H and O–H groups in total. The molecule has 164 valence electrons. The number of aliphatic hydroxyl groups is 1. The summed E-state index contributed by atoms with van der Waals surface area (Å²) in [5, 5.41) is 15.6. The van der Waals surface area contributed by atoms with Gasteiger partial charge in [-0.15, -0.1) is 0 Å². The molecule has 2 atom stereocenters. The molecule has 1 aliphatic heterocycles. The summed E-state index contributed by atoms with van der Waals surface area (Å²) in [6, 6.07) is 15.5. The lowest BCUT2D eigenvalue weighted by atomic mass is 9.99. The van der Waals surface area contributed by atoms with Gasteiger partial charge >= 0.3 is 0 Å². The van der Waals surface area contributed by atoms with Crippen LogP contribution in [0.1, 0.15) is 46.0 Å². The van der Waals surface area contributed by atoms with Crippen molar-refractivity contribution < 1.29 is 5.11 Å². The molecule has 4 aromatic heterocycles. The van der Waals surface area contributed by atoms with Crippen molar-refractivity contribution in [1.29, 1.82) is 0 Å². The maximum Gasteiger partial charge on any atom is 0.147 e. The maximum absolute atomic E-state index is 10.7. The van der Waals surface area contributed by atoms with Crippen molar-refractivity contribution >= 4 is 11.3 Å². The Morgan fingerprint density at radius 3 is 2.73 bits per heavy atom. The number of aliphatic hydroxyl groups excluding tert-OH is 1.